The van der Waals surface area contributed by atoms with Crippen molar-refractivity contribution in [2.75, 3.05) is 0 Å². The van der Waals surface area contributed by atoms with Crippen LogP contribution in [0.1, 0.15) is 20.9 Å². The molecule has 2 heterocycles. The van der Waals surface area contributed by atoms with E-state index in [1.807, 2.05) is 18.5 Å². The second-order valence-corrected chi connectivity index (χ2v) is 5.75. The molecule has 0 aromatic carbocycles. The summed E-state index contributed by atoms with van der Waals surface area (Å²) in [5, 5.41) is 11.1. The van der Waals surface area contributed by atoms with Gasteiger partial charge in [0.15, 0.2) is 0 Å². The van der Waals surface area contributed by atoms with E-state index < -0.39 is 5.97 Å². The molecule has 0 radical (unpaired) electrons. The molecule has 16 heavy (non-hydrogen) atoms. The second kappa shape index (κ2) is 4.58. The van der Waals surface area contributed by atoms with Crippen molar-refractivity contribution in [1.82, 2.24) is 4.57 Å². The summed E-state index contributed by atoms with van der Waals surface area (Å²) in [6.07, 6.45) is 1.86. The van der Waals surface area contributed by atoms with E-state index in [0.29, 0.717) is 12.2 Å². The lowest BCUT2D eigenvalue weighted by atomic mass is 10.3. The van der Waals surface area contributed by atoms with Crippen molar-refractivity contribution < 1.29 is 9.90 Å². The predicted octanol–water partition coefficient (Wildman–Crippen LogP) is 3.21. The quantitative estimate of drug-likeness (QED) is 0.867. The number of carboxylic acid groups (broad SMARTS) is 1. The smallest absolute Gasteiger partial charge is 0.352 e. The van der Waals surface area contributed by atoms with Gasteiger partial charge < -0.3 is 9.67 Å². The summed E-state index contributed by atoms with van der Waals surface area (Å²) < 4.78 is 2.73. The number of carbonyl (C=O) groups is 1. The Morgan fingerprint density at radius 1 is 1.62 bits per heavy atom. The number of thiophene rings is 1. The number of hydrogen-bond donors (Lipinski definition) is 1. The first kappa shape index (κ1) is 11.7. The molecule has 0 saturated carbocycles. The molecule has 0 unspecified atom stereocenters. The highest BCUT2D eigenvalue weighted by atomic mass is 127. The highest BCUT2D eigenvalue weighted by Gasteiger charge is 2.12. The molecular weight excluding hydrogens is 337 g/mol. The molecule has 1 N–H and O–H groups in total. The Morgan fingerprint density at radius 2 is 2.38 bits per heavy atom. The zero-order valence-electron chi connectivity index (χ0n) is 8.61. The summed E-state index contributed by atoms with van der Waals surface area (Å²) in [5.41, 5.74) is 1.56. The molecule has 84 valence electrons. The first-order valence-electron chi connectivity index (χ1n) is 4.70. The number of aromatic nitrogens is 1. The van der Waals surface area contributed by atoms with Crippen molar-refractivity contribution in [3.63, 3.8) is 0 Å². The van der Waals surface area contributed by atoms with E-state index in [4.69, 9.17) is 5.11 Å². The number of aryl methyl sites for hydroxylation is 1. The van der Waals surface area contributed by atoms with Crippen molar-refractivity contribution >= 4 is 39.9 Å². The Hall–Kier alpha value is -0.820. The van der Waals surface area contributed by atoms with Crippen LogP contribution < -0.4 is 0 Å². The molecular formula is C11H10INO2S. The molecule has 0 amide bonds. The maximum Gasteiger partial charge on any atom is 0.352 e. The Balaban J connectivity index is 2.34. The number of aromatic carboxylic acids is 1. The average Bonchev–Trinajstić information content (AvgIpc) is 2.75. The van der Waals surface area contributed by atoms with Gasteiger partial charge in [0.1, 0.15) is 5.69 Å². The van der Waals surface area contributed by atoms with Gasteiger partial charge in [-0.25, -0.2) is 4.79 Å². The van der Waals surface area contributed by atoms with Crippen LogP contribution >= 0.6 is 33.9 Å². The minimum absolute atomic E-state index is 0.345. The van der Waals surface area contributed by atoms with Gasteiger partial charge in [-0.2, -0.15) is 0 Å². The summed E-state index contributed by atoms with van der Waals surface area (Å²) in [5.74, 6) is -0.878. The number of rotatable bonds is 3. The molecule has 3 nitrogen and oxygen atoms in total. The Morgan fingerprint density at radius 3 is 2.94 bits per heavy atom. The van der Waals surface area contributed by atoms with Gasteiger partial charge in [0.25, 0.3) is 0 Å². The number of hydrogen-bond acceptors (Lipinski definition) is 2. The SMILES string of the molecule is Cc1ccsc1Cn1cc(I)cc1C(=O)O. The van der Waals surface area contributed by atoms with E-state index >= 15 is 0 Å². The van der Waals surface area contributed by atoms with Gasteiger partial charge in [-0.15, -0.1) is 11.3 Å². The molecule has 0 fully saturated rings. The standard InChI is InChI=1S/C11H10INO2S/c1-7-2-3-16-10(7)6-13-5-8(12)4-9(13)11(14)15/h2-5H,6H2,1H3,(H,14,15). The molecule has 2 aromatic rings. The largest absolute Gasteiger partial charge is 0.477 e. The topological polar surface area (TPSA) is 42.2 Å². The lowest BCUT2D eigenvalue weighted by molar-refractivity contribution is 0.0685. The summed E-state index contributed by atoms with van der Waals surface area (Å²) in [7, 11) is 0. The monoisotopic (exact) mass is 347 g/mol. The van der Waals surface area contributed by atoms with Gasteiger partial charge in [0, 0.05) is 14.6 Å². The van der Waals surface area contributed by atoms with Crippen LogP contribution in [-0.4, -0.2) is 15.6 Å². The minimum atomic E-state index is -0.878. The number of carboxylic acids is 1. The maximum atomic E-state index is 11.0. The predicted molar refractivity (Wildman–Crippen MR) is 72.3 cm³/mol. The van der Waals surface area contributed by atoms with Crippen LogP contribution in [0.25, 0.3) is 0 Å². The lowest BCUT2D eigenvalue weighted by Gasteiger charge is -2.05. The molecule has 5 heteroatoms. The van der Waals surface area contributed by atoms with E-state index in [2.05, 4.69) is 28.7 Å². The fraction of sp³-hybridized carbons (Fsp3) is 0.182. The Labute approximate surface area is 111 Å². The van der Waals surface area contributed by atoms with Gasteiger partial charge in [-0.05, 0) is 52.6 Å². The third-order valence-corrected chi connectivity index (χ3v) is 3.96. The molecule has 0 aliphatic heterocycles. The molecule has 2 rings (SSSR count). The van der Waals surface area contributed by atoms with Crippen molar-refractivity contribution in [3.05, 3.63) is 43.4 Å². The lowest BCUT2D eigenvalue weighted by Crippen LogP contribution is -2.08. The van der Waals surface area contributed by atoms with Crippen LogP contribution in [0, 0.1) is 10.5 Å². The highest BCUT2D eigenvalue weighted by Crippen LogP contribution is 2.19. The fourth-order valence-electron chi connectivity index (χ4n) is 1.51. The van der Waals surface area contributed by atoms with E-state index in [0.717, 1.165) is 3.57 Å². The summed E-state index contributed by atoms with van der Waals surface area (Å²) in [4.78, 5) is 12.2. The summed E-state index contributed by atoms with van der Waals surface area (Å²) in [6, 6.07) is 3.74. The van der Waals surface area contributed by atoms with Crippen LogP contribution in [0.3, 0.4) is 0 Å². The molecule has 0 atom stereocenters. The third kappa shape index (κ3) is 2.30. The molecule has 0 aliphatic rings. The minimum Gasteiger partial charge on any atom is -0.477 e. The van der Waals surface area contributed by atoms with Crippen LogP contribution in [0.4, 0.5) is 0 Å². The van der Waals surface area contributed by atoms with Gasteiger partial charge >= 0.3 is 5.97 Å². The first-order chi connectivity index (χ1) is 7.58. The van der Waals surface area contributed by atoms with Gasteiger partial charge in [0.05, 0.1) is 6.54 Å². The zero-order chi connectivity index (χ0) is 11.7. The summed E-state index contributed by atoms with van der Waals surface area (Å²) in [6.45, 7) is 2.68. The maximum absolute atomic E-state index is 11.0. The zero-order valence-corrected chi connectivity index (χ0v) is 11.6. The number of nitrogens with zero attached hydrogens (tertiary/aromatic N) is 1. The van der Waals surface area contributed by atoms with E-state index in [9.17, 15) is 4.79 Å². The molecule has 2 aromatic heterocycles. The first-order valence-corrected chi connectivity index (χ1v) is 6.65. The Bertz CT molecular complexity index is 530. The van der Waals surface area contributed by atoms with Crippen molar-refractivity contribution in [2.45, 2.75) is 13.5 Å². The average molecular weight is 347 g/mol. The molecule has 0 aliphatic carbocycles. The van der Waals surface area contributed by atoms with Crippen molar-refractivity contribution in [3.8, 4) is 0 Å². The highest BCUT2D eigenvalue weighted by molar-refractivity contribution is 14.1. The molecule has 0 saturated heterocycles. The summed E-state index contributed by atoms with van der Waals surface area (Å²) >= 11 is 3.79. The van der Waals surface area contributed by atoms with E-state index in [1.54, 1.807) is 22.0 Å². The molecule has 0 spiro atoms. The molecule has 0 bridgehead atoms. The fourth-order valence-corrected chi connectivity index (χ4v) is 3.04. The number of halogens is 1. The second-order valence-electron chi connectivity index (χ2n) is 3.50. The van der Waals surface area contributed by atoms with Gasteiger partial charge in [0.2, 0.25) is 0 Å². The van der Waals surface area contributed by atoms with Crippen molar-refractivity contribution in [2.24, 2.45) is 0 Å². The van der Waals surface area contributed by atoms with Crippen LogP contribution in [0.2, 0.25) is 0 Å². The van der Waals surface area contributed by atoms with E-state index in [1.165, 1.54) is 10.4 Å². The Kier molecular flexibility index (Phi) is 3.34. The van der Waals surface area contributed by atoms with E-state index in [-0.39, 0.29) is 0 Å². The van der Waals surface area contributed by atoms with Crippen LogP contribution in [0.15, 0.2) is 23.7 Å². The third-order valence-electron chi connectivity index (χ3n) is 2.36. The van der Waals surface area contributed by atoms with Crippen LogP contribution in [-0.2, 0) is 6.54 Å². The van der Waals surface area contributed by atoms with Crippen LogP contribution in [0.5, 0.6) is 0 Å². The normalized spacial score (nSPS) is 10.6. The van der Waals surface area contributed by atoms with Gasteiger partial charge in [-0.1, -0.05) is 0 Å². The van der Waals surface area contributed by atoms with Gasteiger partial charge in [-0.3, -0.25) is 0 Å². The van der Waals surface area contributed by atoms with Crippen molar-refractivity contribution in [1.29, 1.82) is 0 Å².